The molecule has 0 fully saturated rings. The summed E-state index contributed by atoms with van der Waals surface area (Å²) in [5.41, 5.74) is 5.58. The van der Waals surface area contributed by atoms with Gasteiger partial charge in [0.05, 0.1) is 21.3 Å². The molecular weight excluding hydrogens is 411 g/mol. The Morgan fingerprint density at radius 2 is 1.90 bits per heavy atom. The van der Waals surface area contributed by atoms with Crippen LogP contribution in [0.25, 0.3) is 55.2 Å². The lowest BCUT2D eigenvalue weighted by Crippen LogP contribution is -1.91. The molecular formula is C23H15FN6S. The van der Waals surface area contributed by atoms with E-state index in [4.69, 9.17) is 4.98 Å². The number of aromatic amines is 2. The van der Waals surface area contributed by atoms with Gasteiger partial charge in [-0.2, -0.15) is 5.10 Å². The summed E-state index contributed by atoms with van der Waals surface area (Å²) in [4.78, 5) is 17.7. The highest BCUT2D eigenvalue weighted by Gasteiger charge is 2.21. The van der Waals surface area contributed by atoms with Crippen LogP contribution in [0.5, 0.6) is 0 Å². The van der Waals surface area contributed by atoms with Gasteiger partial charge in [0.25, 0.3) is 0 Å². The Bertz CT molecular complexity index is 1560. The number of H-pyrrole nitrogens is 2. The summed E-state index contributed by atoms with van der Waals surface area (Å²) >= 11 is 1.60. The molecule has 0 amide bonds. The second-order valence-electron chi connectivity index (χ2n) is 7.23. The van der Waals surface area contributed by atoms with Crippen LogP contribution in [0.2, 0.25) is 0 Å². The van der Waals surface area contributed by atoms with Crippen LogP contribution >= 0.6 is 11.3 Å². The Balaban J connectivity index is 1.57. The van der Waals surface area contributed by atoms with E-state index in [0.717, 1.165) is 32.7 Å². The zero-order chi connectivity index (χ0) is 20.9. The Morgan fingerprint density at radius 3 is 2.74 bits per heavy atom. The summed E-state index contributed by atoms with van der Waals surface area (Å²) in [6.07, 6.45) is 5.12. The fourth-order valence-electron chi connectivity index (χ4n) is 3.84. The summed E-state index contributed by atoms with van der Waals surface area (Å²) in [5.74, 6) is 0.139. The Labute approximate surface area is 179 Å². The van der Waals surface area contributed by atoms with E-state index in [-0.39, 0.29) is 5.82 Å². The predicted molar refractivity (Wildman–Crippen MR) is 120 cm³/mol. The molecule has 1 aromatic carbocycles. The molecule has 150 valence electrons. The van der Waals surface area contributed by atoms with Gasteiger partial charge in [-0.15, -0.1) is 11.3 Å². The van der Waals surface area contributed by atoms with E-state index in [1.807, 2.05) is 42.6 Å². The minimum atomic E-state index is -0.352. The van der Waals surface area contributed by atoms with Crippen LogP contribution in [-0.2, 0) is 0 Å². The van der Waals surface area contributed by atoms with Gasteiger partial charge in [-0.1, -0.05) is 6.07 Å². The van der Waals surface area contributed by atoms with Crippen LogP contribution in [0.3, 0.4) is 0 Å². The molecule has 0 aliphatic rings. The number of nitrogens with zero attached hydrogens (tertiary/aromatic N) is 4. The van der Waals surface area contributed by atoms with Crippen molar-refractivity contribution in [1.29, 1.82) is 0 Å². The second kappa shape index (κ2) is 6.82. The number of hydrogen-bond acceptors (Lipinski definition) is 5. The summed E-state index contributed by atoms with van der Waals surface area (Å²) < 4.78 is 15.7. The summed E-state index contributed by atoms with van der Waals surface area (Å²) in [6.45, 7) is 1.94. The van der Waals surface area contributed by atoms with Crippen molar-refractivity contribution in [2.75, 3.05) is 0 Å². The molecule has 8 heteroatoms. The molecule has 6 aromatic rings. The lowest BCUT2D eigenvalue weighted by molar-refractivity contribution is 0.643. The number of nitrogens with one attached hydrogen (secondary N) is 2. The smallest absolute Gasteiger partial charge is 0.159 e. The van der Waals surface area contributed by atoms with E-state index in [2.05, 4.69) is 25.1 Å². The molecule has 5 heterocycles. The molecule has 0 bridgehead atoms. The van der Waals surface area contributed by atoms with Gasteiger partial charge in [0, 0.05) is 29.7 Å². The van der Waals surface area contributed by atoms with Gasteiger partial charge in [-0.05, 0) is 48.2 Å². The standard InChI is InChI=1S/C23H15FN6S/c1-12-6-8-25-11-14(12)13-4-5-15-18(19(13)24)22(30-29-15)23-27-16-7-9-26-21(20(16)28-23)17-3-2-10-31-17/h2-11H,1H3,(H,27,28)(H,29,30). The molecule has 0 aliphatic carbocycles. The Kier molecular flexibility index (Phi) is 3.94. The van der Waals surface area contributed by atoms with Crippen molar-refractivity contribution < 1.29 is 4.39 Å². The van der Waals surface area contributed by atoms with Crippen LogP contribution in [0.15, 0.2) is 60.4 Å². The highest BCUT2D eigenvalue weighted by molar-refractivity contribution is 7.13. The molecule has 0 radical (unpaired) electrons. The average Bonchev–Trinajstić information content (AvgIpc) is 3.53. The van der Waals surface area contributed by atoms with Gasteiger partial charge >= 0.3 is 0 Å². The van der Waals surface area contributed by atoms with Gasteiger partial charge in [0.2, 0.25) is 0 Å². The number of imidazole rings is 1. The van der Waals surface area contributed by atoms with Gasteiger partial charge in [0.15, 0.2) is 5.82 Å². The quantitative estimate of drug-likeness (QED) is 0.378. The van der Waals surface area contributed by atoms with Crippen LogP contribution in [0.1, 0.15) is 5.56 Å². The molecule has 0 aliphatic heterocycles. The van der Waals surface area contributed by atoms with E-state index in [0.29, 0.717) is 28.0 Å². The number of halogens is 1. The maximum atomic E-state index is 15.7. The summed E-state index contributed by atoms with van der Waals surface area (Å²) in [5, 5.41) is 9.70. The van der Waals surface area contributed by atoms with Crippen LogP contribution in [-0.4, -0.2) is 30.1 Å². The molecule has 0 atom stereocenters. The molecule has 0 saturated carbocycles. The maximum Gasteiger partial charge on any atom is 0.159 e. The third kappa shape index (κ3) is 2.76. The van der Waals surface area contributed by atoms with E-state index >= 15 is 4.39 Å². The number of rotatable bonds is 3. The van der Waals surface area contributed by atoms with Crippen LogP contribution < -0.4 is 0 Å². The second-order valence-corrected chi connectivity index (χ2v) is 8.18. The summed E-state index contributed by atoms with van der Waals surface area (Å²) in [6, 6.07) is 11.3. The van der Waals surface area contributed by atoms with Crippen molar-refractivity contribution in [3.05, 3.63) is 71.7 Å². The first-order chi connectivity index (χ1) is 15.2. The fourth-order valence-corrected chi connectivity index (χ4v) is 4.56. The normalized spacial score (nSPS) is 11.5. The molecule has 0 unspecified atom stereocenters. The lowest BCUT2D eigenvalue weighted by atomic mass is 10.00. The average molecular weight is 426 g/mol. The molecule has 0 saturated heterocycles. The minimum absolute atomic E-state index is 0.352. The monoisotopic (exact) mass is 426 g/mol. The molecule has 2 N–H and O–H groups in total. The first-order valence-corrected chi connectivity index (χ1v) is 10.5. The zero-order valence-electron chi connectivity index (χ0n) is 16.3. The van der Waals surface area contributed by atoms with E-state index in [1.54, 1.807) is 36.0 Å². The predicted octanol–water partition coefficient (Wildman–Crippen LogP) is 5.74. The number of benzene rings is 1. The van der Waals surface area contributed by atoms with E-state index in [1.165, 1.54) is 0 Å². The van der Waals surface area contributed by atoms with Gasteiger partial charge in [0.1, 0.15) is 22.7 Å². The number of aryl methyl sites for hydroxylation is 1. The summed E-state index contributed by atoms with van der Waals surface area (Å²) in [7, 11) is 0. The minimum Gasteiger partial charge on any atom is -0.336 e. The van der Waals surface area contributed by atoms with Crippen molar-refractivity contribution in [2.24, 2.45) is 0 Å². The van der Waals surface area contributed by atoms with Gasteiger partial charge in [-0.25, -0.2) is 9.37 Å². The zero-order valence-corrected chi connectivity index (χ0v) is 17.2. The number of aromatic nitrogens is 6. The van der Waals surface area contributed by atoms with E-state index < -0.39 is 0 Å². The molecule has 5 aromatic heterocycles. The van der Waals surface area contributed by atoms with E-state index in [9.17, 15) is 0 Å². The number of hydrogen-bond donors (Lipinski definition) is 2. The first kappa shape index (κ1) is 17.9. The highest BCUT2D eigenvalue weighted by Crippen LogP contribution is 2.36. The molecule has 0 spiro atoms. The lowest BCUT2D eigenvalue weighted by Gasteiger charge is -2.07. The van der Waals surface area contributed by atoms with Gasteiger partial charge < -0.3 is 4.98 Å². The molecule has 6 nitrogen and oxygen atoms in total. The maximum absolute atomic E-state index is 15.7. The van der Waals surface area contributed by atoms with Crippen molar-refractivity contribution in [3.8, 4) is 33.2 Å². The van der Waals surface area contributed by atoms with Crippen molar-refractivity contribution in [1.82, 2.24) is 30.1 Å². The number of thiophene rings is 1. The topological polar surface area (TPSA) is 83.1 Å². The van der Waals surface area contributed by atoms with Crippen molar-refractivity contribution in [2.45, 2.75) is 6.92 Å². The first-order valence-electron chi connectivity index (χ1n) is 9.67. The van der Waals surface area contributed by atoms with Crippen molar-refractivity contribution >= 4 is 33.3 Å². The van der Waals surface area contributed by atoms with Crippen molar-refractivity contribution in [3.63, 3.8) is 0 Å². The van der Waals surface area contributed by atoms with Crippen LogP contribution in [0, 0.1) is 12.7 Å². The third-order valence-corrected chi connectivity index (χ3v) is 6.25. The number of fused-ring (bicyclic) bond motifs is 2. The molecule has 31 heavy (non-hydrogen) atoms. The molecule has 6 rings (SSSR count). The SMILES string of the molecule is Cc1ccncc1-c1ccc2[nH]nc(-c3nc4c(-c5cccs5)nccc4[nH]3)c2c1F. The third-order valence-electron chi connectivity index (χ3n) is 5.38. The number of pyridine rings is 2. The highest BCUT2D eigenvalue weighted by atomic mass is 32.1. The van der Waals surface area contributed by atoms with Gasteiger partial charge in [-0.3, -0.25) is 15.1 Å². The Morgan fingerprint density at radius 1 is 0.968 bits per heavy atom. The Hall–Kier alpha value is -3.91. The van der Waals surface area contributed by atoms with Crippen LogP contribution in [0.4, 0.5) is 4.39 Å². The largest absolute Gasteiger partial charge is 0.336 e. The fraction of sp³-hybridized carbons (Fsp3) is 0.0435.